The molecule has 162 valence electrons. The van der Waals surface area contributed by atoms with Crippen molar-refractivity contribution in [2.45, 2.75) is 61.7 Å². The molecule has 0 bridgehead atoms. The Kier molecular flexibility index (Phi) is 6.54. The van der Waals surface area contributed by atoms with Gasteiger partial charge < -0.3 is 10.4 Å². The molecule has 2 N–H and O–H groups in total. The second-order valence-electron chi connectivity index (χ2n) is 7.74. The largest absolute Gasteiger partial charge is 0.416 e. The first kappa shape index (κ1) is 22.0. The summed E-state index contributed by atoms with van der Waals surface area (Å²) in [6, 6.07) is 3.38. The second kappa shape index (κ2) is 8.61. The van der Waals surface area contributed by atoms with Crippen LogP contribution in [-0.4, -0.2) is 49.0 Å². The number of sulfonamides is 1. The summed E-state index contributed by atoms with van der Waals surface area (Å²) in [7, 11) is -3.98. The Bertz CT molecular complexity index is 819. The normalized spacial score (nSPS) is 26.8. The van der Waals surface area contributed by atoms with Gasteiger partial charge in [-0.1, -0.05) is 0 Å². The average molecular weight is 434 g/mol. The van der Waals surface area contributed by atoms with Gasteiger partial charge in [0.25, 0.3) is 0 Å². The number of piperidine rings is 1. The van der Waals surface area contributed by atoms with E-state index in [2.05, 4.69) is 5.32 Å². The molecule has 10 heteroatoms. The second-order valence-corrected chi connectivity index (χ2v) is 9.68. The molecular formula is C19H25F3N2O4S. The van der Waals surface area contributed by atoms with E-state index in [-0.39, 0.29) is 36.0 Å². The number of carbonyl (C=O) groups excluding carboxylic acids is 1. The first-order valence-electron chi connectivity index (χ1n) is 9.73. The summed E-state index contributed by atoms with van der Waals surface area (Å²) >= 11 is 0. The van der Waals surface area contributed by atoms with Crippen molar-refractivity contribution in [1.29, 1.82) is 0 Å². The van der Waals surface area contributed by atoms with Crippen LogP contribution in [0.4, 0.5) is 13.2 Å². The van der Waals surface area contributed by atoms with E-state index in [1.165, 1.54) is 4.31 Å². The molecule has 1 saturated carbocycles. The number of aliphatic hydroxyl groups is 1. The van der Waals surface area contributed by atoms with Crippen molar-refractivity contribution in [2.24, 2.45) is 5.92 Å². The van der Waals surface area contributed by atoms with E-state index >= 15 is 0 Å². The van der Waals surface area contributed by atoms with Gasteiger partial charge >= 0.3 is 6.18 Å². The van der Waals surface area contributed by atoms with Gasteiger partial charge in [-0.25, -0.2) is 8.42 Å². The Hall–Kier alpha value is -1.65. The van der Waals surface area contributed by atoms with Gasteiger partial charge in [0.1, 0.15) is 0 Å². The molecule has 1 aliphatic heterocycles. The highest BCUT2D eigenvalue weighted by Gasteiger charge is 2.35. The third-order valence-corrected chi connectivity index (χ3v) is 7.50. The Morgan fingerprint density at radius 1 is 1.07 bits per heavy atom. The number of aliphatic hydroxyl groups excluding tert-OH is 1. The maximum Gasteiger partial charge on any atom is 0.416 e. The van der Waals surface area contributed by atoms with Crippen molar-refractivity contribution < 1.29 is 31.5 Å². The molecule has 1 aromatic rings. The van der Waals surface area contributed by atoms with E-state index in [9.17, 15) is 31.5 Å². The van der Waals surface area contributed by atoms with Gasteiger partial charge in [-0.15, -0.1) is 0 Å². The van der Waals surface area contributed by atoms with E-state index in [1.807, 2.05) is 0 Å². The van der Waals surface area contributed by atoms with Gasteiger partial charge in [-0.3, -0.25) is 4.79 Å². The fourth-order valence-electron chi connectivity index (χ4n) is 3.88. The Morgan fingerprint density at radius 2 is 1.69 bits per heavy atom. The van der Waals surface area contributed by atoms with Crippen LogP contribution in [0.25, 0.3) is 0 Å². The molecule has 1 aromatic carbocycles. The van der Waals surface area contributed by atoms with Crippen molar-refractivity contribution in [3.63, 3.8) is 0 Å². The van der Waals surface area contributed by atoms with Gasteiger partial charge in [0.2, 0.25) is 15.9 Å². The monoisotopic (exact) mass is 434 g/mol. The number of nitrogens with one attached hydrogen (secondary N) is 1. The summed E-state index contributed by atoms with van der Waals surface area (Å²) in [5.41, 5.74) is -0.912. The lowest BCUT2D eigenvalue weighted by atomic mass is 9.92. The highest BCUT2D eigenvalue weighted by molar-refractivity contribution is 7.89. The molecular weight excluding hydrogens is 409 g/mol. The number of halogens is 3. The maximum absolute atomic E-state index is 12.8. The van der Waals surface area contributed by atoms with Crippen LogP contribution in [0.5, 0.6) is 0 Å². The zero-order valence-corrected chi connectivity index (χ0v) is 16.7. The number of rotatable bonds is 4. The Labute approximate surface area is 168 Å². The van der Waals surface area contributed by atoms with Crippen LogP contribution in [0, 0.1) is 5.92 Å². The van der Waals surface area contributed by atoms with Crippen molar-refractivity contribution in [1.82, 2.24) is 9.62 Å². The molecule has 3 rings (SSSR count). The molecule has 0 spiro atoms. The topological polar surface area (TPSA) is 86.7 Å². The van der Waals surface area contributed by atoms with Crippen LogP contribution < -0.4 is 5.32 Å². The van der Waals surface area contributed by atoms with Crippen molar-refractivity contribution in [3.05, 3.63) is 29.8 Å². The molecule has 1 amide bonds. The quantitative estimate of drug-likeness (QED) is 0.763. The summed E-state index contributed by atoms with van der Waals surface area (Å²) < 4.78 is 64.9. The predicted octanol–water partition coefficient (Wildman–Crippen LogP) is 2.53. The molecule has 29 heavy (non-hydrogen) atoms. The van der Waals surface area contributed by atoms with Gasteiger partial charge in [0, 0.05) is 19.1 Å². The summed E-state index contributed by atoms with van der Waals surface area (Å²) in [4.78, 5) is 12.4. The fourth-order valence-corrected chi connectivity index (χ4v) is 5.40. The zero-order chi connectivity index (χ0) is 21.2. The molecule has 1 saturated heterocycles. The van der Waals surface area contributed by atoms with E-state index in [0.717, 1.165) is 24.3 Å². The molecule has 0 unspecified atom stereocenters. The van der Waals surface area contributed by atoms with Crippen LogP contribution in [0.2, 0.25) is 0 Å². The zero-order valence-electron chi connectivity index (χ0n) is 15.9. The van der Waals surface area contributed by atoms with E-state index < -0.39 is 27.7 Å². The van der Waals surface area contributed by atoms with E-state index in [0.29, 0.717) is 38.5 Å². The molecule has 2 aliphatic rings. The number of alkyl halides is 3. The van der Waals surface area contributed by atoms with Gasteiger partial charge in [0.05, 0.1) is 22.5 Å². The third kappa shape index (κ3) is 5.29. The Balaban J connectivity index is 1.65. The summed E-state index contributed by atoms with van der Waals surface area (Å²) in [5, 5.41) is 12.5. The standard InChI is InChI=1S/C19H25F3N2O4S/c20-19(21,22)14-3-9-17(10-4-14)29(27,28)24-11-1-2-13(12-24)18(26)23-15-5-7-16(25)8-6-15/h3-4,9-10,13,15-16,25H,1-2,5-8,11-12H2,(H,23,26)/t13-,15?,16?/m0/s1. The van der Waals surface area contributed by atoms with Crippen LogP contribution >= 0.6 is 0 Å². The number of carbonyl (C=O) groups is 1. The third-order valence-electron chi connectivity index (χ3n) is 5.62. The molecule has 1 aliphatic carbocycles. The van der Waals surface area contributed by atoms with Crippen LogP contribution in [0.3, 0.4) is 0 Å². The average Bonchev–Trinajstić information content (AvgIpc) is 2.69. The number of amides is 1. The summed E-state index contributed by atoms with van der Waals surface area (Å²) in [5.74, 6) is -0.710. The van der Waals surface area contributed by atoms with E-state index in [4.69, 9.17) is 0 Å². The molecule has 6 nitrogen and oxygen atoms in total. The SMILES string of the molecule is O=C(NC1CCC(O)CC1)[C@H]1CCCN(S(=O)(=O)c2ccc(C(F)(F)F)cc2)C1. The van der Waals surface area contributed by atoms with Crippen molar-refractivity contribution in [3.8, 4) is 0 Å². The molecule has 0 aromatic heterocycles. The van der Waals surface area contributed by atoms with Crippen molar-refractivity contribution >= 4 is 15.9 Å². The van der Waals surface area contributed by atoms with Gasteiger partial charge in [0.15, 0.2) is 0 Å². The lowest BCUT2D eigenvalue weighted by molar-refractivity contribution is -0.137. The van der Waals surface area contributed by atoms with Crippen molar-refractivity contribution in [2.75, 3.05) is 13.1 Å². The van der Waals surface area contributed by atoms with E-state index in [1.54, 1.807) is 0 Å². The van der Waals surface area contributed by atoms with Gasteiger partial charge in [-0.2, -0.15) is 17.5 Å². The van der Waals surface area contributed by atoms with Gasteiger partial charge in [-0.05, 0) is 62.8 Å². The molecule has 0 radical (unpaired) electrons. The predicted molar refractivity (Wildman–Crippen MR) is 99.3 cm³/mol. The van der Waals surface area contributed by atoms with Crippen LogP contribution in [-0.2, 0) is 21.0 Å². The minimum Gasteiger partial charge on any atom is -0.393 e. The number of benzene rings is 1. The number of hydrogen-bond donors (Lipinski definition) is 2. The first-order valence-corrected chi connectivity index (χ1v) is 11.2. The molecule has 2 fully saturated rings. The Morgan fingerprint density at radius 3 is 2.28 bits per heavy atom. The highest BCUT2D eigenvalue weighted by Crippen LogP contribution is 2.31. The lowest BCUT2D eigenvalue weighted by Gasteiger charge is -2.33. The molecule has 1 atom stereocenters. The van der Waals surface area contributed by atoms with Crippen LogP contribution in [0.1, 0.15) is 44.1 Å². The first-order chi connectivity index (χ1) is 13.6. The summed E-state index contributed by atoms with van der Waals surface area (Å²) in [6.07, 6.45) is -1.18. The smallest absolute Gasteiger partial charge is 0.393 e. The minimum absolute atomic E-state index is 0.00450. The highest BCUT2D eigenvalue weighted by atomic mass is 32.2. The number of nitrogens with zero attached hydrogens (tertiary/aromatic N) is 1. The maximum atomic E-state index is 12.8. The minimum atomic E-state index is -4.54. The van der Waals surface area contributed by atoms with Crippen LogP contribution in [0.15, 0.2) is 29.2 Å². The lowest BCUT2D eigenvalue weighted by Crippen LogP contribution is -2.48. The fraction of sp³-hybridized carbons (Fsp3) is 0.632. The molecule has 1 heterocycles. The summed E-state index contributed by atoms with van der Waals surface area (Å²) in [6.45, 7) is 0.229. The number of hydrogen-bond acceptors (Lipinski definition) is 4.